The van der Waals surface area contributed by atoms with Gasteiger partial charge in [0, 0.05) is 6.54 Å². The Hall–Kier alpha value is -0.0800. The van der Waals surface area contributed by atoms with Crippen molar-refractivity contribution in [1.29, 1.82) is 0 Å². The average Bonchev–Trinajstić information content (AvgIpc) is 2.87. The molecule has 2 nitrogen and oxygen atoms in total. The molecule has 1 saturated carbocycles. The number of rotatable bonds is 1. The fraction of sp³-hybridized carbons (Fsp3) is 1.00. The van der Waals surface area contributed by atoms with Crippen LogP contribution in [0, 0.1) is 11.3 Å². The minimum Gasteiger partial charge on any atom is -0.317 e. The lowest BCUT2D eigenvalue weighted by Crippen LogP contribution is -2.32. The van der Waals surface area contributed by atoms with Crippen LogP contribution in [0.5, 0.6) is 0 Å². The van der Waals surface area contributed by atoms with Gasteiger partial charge in [-0.1, -0.05) is 34.1 Å². The maximum Gasteiger partial charge on any atom is 0.00383 e. The van der Waals surface area contributed by atoms with Gasteiger partial charge in [0.15, 0.2) is 0 Å². The molecule has 0 aromatic heterocycles. The summed E-state index contributed by atoms with van der Waals surface area (Å²) in [5.74, 6) is 0.973. The van der Waals surface area contributed by atoms with Crippen LogP contribution in [0.3, 0.4) is 0 Å². The molecule has 0 aromatic rings. The molecule has 2 aliphatic heterocycles. The van der Waals surface area contributed by atoms with Crippen LogP contribution in [-0.2, 0) is 0 Å². The first-order chi connectivity index (χ1) is 9.24. The maximum absolute atomic E-state index is 3.32. The van der Waals surface area contributed by atoms with E-state index in [1.807, 2.05) is 13.8 Å². The Labute approximate surface area is 121 Å². The van der Waals surface area contributed by atoms with E-state index in [4.69, 9.17) is 0 Å². The molecule has 2 saturated heterocycles. The summed E-state index contributed by atoms with van der Waals surface area (Å²) in [7, 11) is 0. The van der Waals surface area contributed by atoms with Crippen molar-refractivity contribution in [3.05, 3.63) is 0 Å². The zero-order chi connectivity index (χ0) is 14.1. The molecule has 0 radical (unpaired) electrons. The first kappa shape index (κ1) is 17.0. The van der Waals surface area contributed by atoms with Crippen LogP contribution in [0.25, 0.3) is 0 Å². The molecule has 1 aliphatic carbocycles. The van der Waals surface area contributed by atoms with Crippen molar-refractivity contribution >= 4 is 0 Å². The van der Waals surface area contributed by atoms with Crippen LogP contribution in [0.2, 0.25) is 0 Å². The Bertz CT molecular complexity index is 217. The third kappa shape index (κ3) is 5.43. The summed E-state index contributed by atoms with van der Waals surface area (Å²) in [5.41, 5.74) is 0.815. The third-order valence-electron chi connectivity index (χ3n) is 5.01. The van der Waals surface area contributed by atoms with Crippen LogP contribution in [-0.4, -0.2) is 37.6 Å². The first-order valence-corrected chi connectivity index (χ1v) is 8.67. The molecule has 19 heavy (non-hydrogen) atoms. The minimum absolute atomic E-state index is 0.815. The maximum atomic E-state index is 3.32. The molecule has 3 rings (SSSR count). The van der Waals surface area contributed by atoms with Crippen molar-refractivity contribution in [3.63, 3.8) is 0 Å². The SMILES string of the molecule is CC.CC1CCNCC1.CCN1CCC2(CCC2)C1. The van der Waals surface area contributed by atoms with E-state index in [1.165, 1.54) is 71.2 Å². The van der Waals surface area contributed by atoms with Gasteiger partial charge in [-0.05, 0) is 69.6 Å². The summed E-state index contributed by atoms with van der Waals surface area (Å²) in [4.78, 5) is 2.60. The van der Waals surface area contributed by atoms with Gasteiger partial charge in [0.25, 0.3) is 0 Å². The molecule has 3 aliphatic rings. The van der Waals surface area contributed by atoms with Gasteiger partial charge in [-0.2, -0.15) is 0 Å². The standard InChI is InChI=1S/C9H17N.C6H13N.C2H6/c1-2-10-7-6-9(8-10)4-3-5-9;1-6-2-4-7-5-3-6;1-2/h2-8H2,1H3;6-7H,2-5H2,1H3;1-2H3. The highest BCUT2D eigenvalue weighted by Gasteiger charge is 2.41. The van der Waals surface area contributed by atoms with E-state index in [0.29, 0.717) is 0 Å². The van der Waals surface area contributed by atoms with E-state index in [2.05, 4.69) is 24.1 Å². The fourth-order valence-electron chi connectivity index (χ4n) is 3.35. The van der Waals surface area contributed by atoms with Gasteiger partial charge in [-0.25, -0.2) is 0 Å². The van der Waals surface area contributed by atoms with Crippen LogP contribution < -0.4 is 5.32 Å². The van der Waals surface area contributed by atoms with E-state index < -0.39 is 0 Å². The van der Waals surface area contributed by atoms with Gasteiger partial charge >= 0.3 is 0 Å². The Morgan fingerprint density at radius 3 is 2.00 bits per heavy atom. The molecule has 1 spiro atoms. The van der Waals surface area contributed by atoms with Gasteiger partial charge < -0.3 is 10.2 Å². The Morgan fingerprint density at radius 2 is 1.74 bits per heavy atom. The predicted octanol–water partition coefficient (Wildman–Crippen LogP) is 3.91. The number of nitrogens with one attached hydrogen (secondary N) is 1. The molecule has 2 heteroatoms. The summed E-state index contributed by atoms with van der Waals surface area (Å²) in [6, 6.07) is 0. The van der Waals surface area contributed by atoms with Crippen molar-refractivity contribution < 1.29 is 0 Å². The van der Waals surface area contributed by atoms with Crippen LogP contribution in [0.1, 0.15) is 66.2 Å². The molecule has 3 fully saturated rings. The topological polar surface area (TPSA) is 15.3 Å². The summed E-state index contributed by atoms with van der Waals surface area (Å²) < 4.78 is 0. The third-order valence-corrected chi connectivity index (χ3v) is 5.01. The van der Waals surface area contributed by atoms with Crippen molar-refractivity contribution in [3.8, 4) is 0 Å². The number of hydrogen-bond donors (Lipinski definition) is 1. The van der Waals surface area contributed by atoms with Crippen molar-refractivity contribution in [2.24, 2.45) is 11.3 Å². The molecular weight excluding hydrogens is 232 g/mol. The molecule has 0 bridgehead atoms. The summed E-state index contributed by atoms with van der Waals surface area (Å²) in [6.45, 7) is 15.1. The molecule has 114 valence electrons. The largest absolute Gasteiger partial charge is 0.317 e. The van der Waals surface area contributed by atoms with Gasteiger partial charge in [0.1, 0.15) is 0 Å². The quantitative estimate of drug-likeness (QED) is 0.775. The molecule has 0 amide bonds. The Kier molecular flexibility index (Phi) is 8.01. The average molecular weight is 268 g/mol. The van der Waals surface area contributed by atoms with E-state index >= 15 is 0 Å². The zero-order valence-corrected chi connectivity index (χ0v) is 13.8. The van der Waals surface area contributed by atoms with Crippen molar-refractivity contribution in [2.45, 2.75) is 66.2 Å². The summed E-state index contributed by atoms with van der Waals surface area (Å²) >= 11 is 0. The monoisotopic (exact) mass is 268 g/mol. The second kappa shape index (κ2) is 8.97. The second-order valence-corrected chi connectivity index (χ2v) is 6.40. The molecule has 0 atom stereocenters. The molecule has 0 unspecified atom stereocenters. The molecule has 1 N–H and O–H groups in total. The smallest absolute Gasteiger partial charge is 0.00383 e. The molecular formula is C17H36N2. The number of likely N-dealkylation sites (tertiary alicyclic amines) is 1. The van der Waals surface area contributed by atoms with Crippen LogP contribution in [0.15, 0.2) is 0 Å². The van der Waals surface area contributed by atoms with Gasteiger partial charge in [-0.15, -0.1) is 0 Å². The van der Waals surface area contributed by atoms with Crippen molar-refractivity contribution in [2.75, 3.05) is 32.7 Å². The summed E-state index contributed by atoms with van der Waals surface area (Å²) in [6.07, 6.45) is 8.77. The zero-order valence-electron chi connectivity index (χ0n) is 13.8. The highest BCUT2D eigenvalue weighted by Crippen LogP contribution is 2.47. The minimum atomic E-state index is 0.815. The van der Waals surface area contributed by atoms with E-state index in [-0.39, 0.29) is 0 Å². The lowest BCUT2D eigenvalue weighted by atomic mass is 9.68. The number of nitrogens with zero attached hydrogens (tertiary/aromatic N) is 1. The molecule has 2 heterocycles. The molecule has 0 aromatic carbocycles. The van der Waals surface area contributed by atoms with Gasteiger partial charge in [-0.3, -0.25) is 0 Å². The second-order valence-electron chi connectivity index (χ2n) is 6.40. The number of piperidine rings is 1. The first-order valence-electron chi connectivity index (χ1n) is 8.67. The highest BCUT2D eigenvalue weighted by molar-refractivity contribution is 4.95. The highest BCUT2D eigenvalue weighted by atomic mass is 15.2. The fourth-order valence-corrected chi connectivity index (χ4v) is 3.35. The number of hydrogen-bond acceptors (Lipinski definition) is 2. The predicted molar refractivity (Wildman–Crippen MR) is 85.6 cm³/mol. The van der Waals surface area contributed by atoms with E-state index in [0.717, 1.165) is 11.3 Å². The van der Waals surface area contributed by atoms with Gasteiger partial charge in [0.2, 0.25) is 0 Å². The van der Waals surface area contributed by atoms with E-state index in [9.17, 15) is 0 Å². The summed E-state index contributed by atoms with van der Waals surface area (Å²) in [5, 5.41) is 3.32. The normalized spacial score (nSPS) is 25.9. The Balaban J connectivity index is 0.000000177. The lowest BCUT2D eigenvalue weighted by Gasteiger charge is -2.38. The lowest BCUT2D eigenvalue weighted by molar-refractivity contribution is 0.141. The van der Waals surface area contributed by atoms with E-state index in [1.54, 1.807) is 0 Å². The van der Waals surface area contributed by atoms with Crippen LogP contribution >= 0.6 is 0 Å². The van der Waals surface area contributed by atoms with Crippen molar-refractivity contribution in [1.82, 2.24) is 10.2 Å². The van der Waals surface area contributed by atoms with Crippen LogP contribution in [0.4, 0.5) is 0 Å². The van der Waals surface area contributed by atoms with Gasteiger partial charge in [0.05, 0.1) is 0 Å². The Morgan fingerprint density at radius 1 is 1.11 bits per heavy atom.